The molecule has 0 spiro atoms. The molecule has 2 aromatic rings. The summed E-state index contributed by atoms with van der Waals surface area (Å²) in [4.78, 5) is 14.4. The highest BCUT2D eigenvalue weighted by atomic mass is 35.5. The number of unbranched alkanes of at least 4 members (excludes halogenated alkanes) is 1. The van der Waals surface area contributed by atoms with E-state index in [2.05, 4.69) is 29.5 Å². The molecule has 1 aromatic heterocycles. The quantitative estimate of drug-likeness (QED) is 0.763. The summed E-state index contributed by atoms with van der Waals surface area (Å²) in [5.74, 6) is -0.228. The smallest absolute Gasteiger partial charge is 0.338 e. The summed E-state index contributed by atoms with van der Waals surface area (Å²) in [7, 11) is 2.16. The van der Waals surface area contributed by atoms with Crippen molar-refractivity contribution in [1.29, 1.82) is 0 Å². The van der Waals surface area contributed by atoms with Crippen LogP contribution in [0, 0.1) is 0 Å². The van der Waals surface area contributed by atoms with E-state index in [1.54, 1.807) is 0 Å². The number of aryl methyl sites for hydroxylation is 1. The number of nitrogens with zero attached hydrogens (tertiary/aromatic N) is 2. The molecular formula is C19H27ClN2O2. The molecule has 0 fully saturated rings. The largest absolute Gasteiger partial charge is 0.462 e. The normalized spacial score (nSPS) is 14.3. The zero-order chi connectivity index (χ0) is 16.4. The van der Waals surface area contributed by atoms with Gasteiger partial charge in [0.25, 0.3) is 0 Å². The van der Waals surface area contributed by atoms with Crippen LogP contribution in [-0.2, 0) is 24.2 Å². The Hall–Kier alpha value is -1.52. The predicted octanol–water partition coefficient (Wildman–Crippen LogP) is 4.03. The number of likely N-dealkylation sites (N-methyl/N-ethyl adjacent to an activating group) is 1. The van der Waals surface area contributed by atoms with E-state index in [0.717, 1.165) is 26.1 Å². The SMILES string of the molecule is CCCCn1c2c(c3cc(C(=O)OCC)ccc31)CN(C)CC2.Cl. The van der Waals surface area contributed by atoms with Crippen LogP contribution < -0.4 is 0 Å². The van der Waals surface area contributed by atoms with Crippen LogP contribution in [0.1, 0.15) is 48.3 Å². The number of hydrogen-bond donors (Lipinski definition) is 0. The summed E-state index contributed by atoms with van der Waals surface area (Å²) in [6.45, 7) is 7.59. The average Bonchev–Trinajstić information content (AvgIpc) is 2.85. The van der Waals surface area contributed by atoms with Gasteiger partial charge in [-0.25, -0.2) is 4.79 Å². The number of benzene rings is 1. The third kappa shape index (κ3) is 3.45. The highest BCUT2D eigenvalue weighted by molar-refractivity contribution is 5.96. The van der Waals surface area contributed by atoms with Gasteiger partial charge in [0, 0.05) is 42.7 Å². The van der Waals surface area contributed by atoms with Crippen molar-refractivity contribution in [3.05, 3.63) is 35.0 Å². The van der Waals surface area contributed by atoms with Gasteiger partial charge in [-0.1, -0.05) is 13.3 Å². The molecule has 0 aliphatic carbocycles. The Kier molecular flexibility index (Phi) is 6.30. The lowest BCUT2D eigenvalue weighted by atomic mass is 10.0. The number of hydrogen-bond acceptors (Lipinski definition) is 3. The topological polar surface area (TPSA) is 34.5 Å². The summed E-state index contributed by atoms with van der Waals surface area (Å²) >= 11 is 0. The van der Waals surface area contributed by atoms with Crippen LogP contribution in [0.3, 0.4) is 0 Å². The Morgan fingerprint density at radius 3 is 2.79 bits per heavy atom. The van der Waals surface area contributed by atoms with Gasteiger partial charge in [-0.2, -0.15) is 0 Å². The standard InChI is InChI=1S/C19H26N2O2.ClH/c1-4-6-10-21-17-8-7-14(19(22)23-5-2)12-15(17)16-13-20(3)11-9-18(16)21;/h7-8,12H,4-6,9-11,13H2,1-3H3;1H. The van der Waals surface area contributed by atoms with Crippen molar-refractivity contribution < 1.29 is 9.53 Å². The highest BCUT2D eigenvalue weighted by Gasteiger charge is 2.23. The van der Waals surface area contributed by atoms with Crippen LogP contribution in [0.15, 0.2) is 18.2 Å². The van der Waals surface area contributed by atoms with Gasteiger partial charge in [0.05, 0.1) is 12.2 Å². The maximum atomic E-state index is 12.1. The number of fused-ring (bicyclic) bond motifs is 3. The van der Waals surface area contributed by atoms with Crippen LogP contribution in [-0.4, -0.2) is 35.6 Å². The average molecular weight is 351 g/mol. The first-order chi connectivity index (χ1) is 11.2. The highest BCUT2D eigenvalue weighted by Crippen LogP contribution is 2.32. The van der Waals surface area contributed by atoms with E-state index in [0.29, 0.717) is 12.2 Å². The number of esters is 1. The fourth-order valence-corrected chi connectivity index (χ4v) is 3.50. The van der Waals surface area contributed by atoms with E-state index in [1.807, 2.05) is 19.1 Å². The van der Waals surface area contributed by atoms with E-state index in [-0.39, 0.29) is 18.4 Å². The Labute approximate surface area is 150 Å². The third-order valence-corrected chi connectivity index (χ3v) is 4.69. The lowest BCUT2D eigenvalue weighted by Crippen LogP contribution is -2.27. The van der Waals surface area contributed by atoms with Gasteiger partial charge in [0.1, 0.15) is 0 Å². The molecule has 1 aliphatic heterocycles. The van der Waals surface area contributed by atoms with Crippen LogP contribution in [0.2, 0.25) is 0 Å². The van der Waals surface area contributed by atoms with E-state index in [9.17, 15) is 4.79 Å². The molecule has 0 amide bonds. The number of aromatic nitrogens is 1. The molecule has 1 aromatic carbocycles. The van der Waals surface area contributed by atoms with Gasteiger partial charge in [-0.15, -0.1) is 12.4 Å². The summed E-state index contributed by atoms with van der Waals surface area (Å²) in [5.41, 5.74) is 4.75. The molecule has 5 heteroatoms. The third-order valence-electron chi connectivity index (χ3n) is 4.69. The summed E-state index contributed by atoms with van der Waals surface area (Å²) in [6.07, 6.45) is 3.46. The second-order valence-electron chi connectivity index (χ2n) is 6.37. The van der Waals surface area contributed by atoms with Crippen molar-refractivity contribution in [2.75, 3.05) is 20.2 Å². The van der Waals surface area contributed by atoms with Gasteiger partial charge in [0.15, 0.2) is 0 Å². The minimum absolute atomic E-state index is 0. The van der Waals surface area contributed by atoms with Gasteiger partial charge < -0.3 is 14.2 Å². The number of ether oxygens (including phenoxy) is 1. The van der Waals surface area contributed by atoms with Crippen molar-refractivity contribution in [2.45, 2.75) is 46.2 Å². The molecule has 0 saturated carbocycles. The second-order valence-corrected chi connectivity index (χ2v) is 6.37. The van der Waals surface area contributed by atoms with Gasteiger partial charge >= 0.3 is 5.97 Å². The van der Waals surface area contributed by atoms with Crippen LogP contribution in [0.5, 0.6) is 0 Å². The van der Waals surface area contributed by atoms with Crippen molar-refractivity contribution in [3.8, 4) is 0 Å². The second kappa shape index (κ2) is 8.04. The van der Waals surface area contributed by atoms with Crippen LogP contribution in [0.25, 0.3) is 10.9 Å². The Morgan fingerprint density at radius 1 is 1.29 bits per heavy atom. The minimum Gasteiger partial charge on any atom is -0.462 e. The number of halogens is 1. The molecule has 1 aliphatic rings. The lowest BCUT2D eigenvalue weighted by molar-refractivity contribution is 0.0526. The molecule has 0 bridgehead atoms. The fraction of sp³-hybridized carbons (Fsp3) is 0.526. The Morgan fingerprint density at radius 2 is 2.08 bits per heavy atom. The zero-order valence-corrected chi connectivity index (χ0v) is 15.6. The Balaban J connectivity index is 0.00000208. The summed E-state index contributed by atoms with van der Waals surface area (Å²) < 4.78 is 7.63. The molecule has 132 valence electrons. The van der Waals surface area contributed by atoms with Gasteiger partial charge in [-0.3, -0.25) is 0 Å². The van der Waals surface area contributed by atoms with Crippen LogP contribution in [0.4, 0.5) is 0 Å². The molecule has 4 nitrogen and oxygen atoms in total. The van der Waals surface area contributed by atoms with Gasteiger partial charge in [-0.05, 0) is 44.2 Å². The first-order valence-corrected chi connectivity index (χ1v) is 8.65. The molecule has 0 atom stereocenters. The van der Waals surface area contributed by atoms with E-state index >= 15 is 0 Å². The molecule has 0 N–H and O–H groups in total. The molecule has 24 heavy (non-hydrogen) atoms. The van der Waals surface area contributed by atoms with E-state index in [1.165, 1.54) is 35.0 Å². The molecule has 0 saturated heterocycles. The van der Waals surface area contributed by atoms with E-state index in [4.69, 9.17) is 4.74 Å². The van der Waals surface area contributed by atoms with Crippen molar-refractivity contribution in [3.63, 3.8) is 0 Å². The van der Waals surface area contributed by atoms with Crippen LogP contribution >= 0.6 is 12.4 Å². The number of carbonyl (C=O) groups excluding carboxylic acids is 1. The maximum absolute atomic E-state index is 12.1. The first-order valence-electron chi connectivity index (χ1n) is 8.65. The minimum atomic E-state index is -0.228. The van der Waals surface area contributed by atoms with Crippen molar-refractivity contribution in [2.24, 2.45) is 0 Å². The number of rotatable bonds is 5. The van der Waals surface area contributed by atoms with Gasteiger partial charge in [0.2, 0.25) is 0 Å². The first kappa shape index (κ1) is 18.8. The summed E-state index contributed by atoms with van der Waals surface area (Å²) in [6, 6.07) is 6.02. The monoisotopic (exact) mass is 350 g/mol. The zero-order valence-electron chi connectivity index (χ0n) is 14.8. The lowest BCUT2D eigenvalue weighted by Gasteiger charge is -2.24. The fourth-order valence-electron chi connectivity index (χ4n) is 3.50. The molecular weight excluding hydrogens is 324 g/mol. The summed E-state index contributed by atoms with van der Waals surface area (Å²) in [5, 5.41) is 1.22. The van der Waals surface area contributed by atoms with E-state index < -0.39 is 0 Å². The molecule has 0 unspecified atom stereocenters. The Bertz CT molecular complexity index is 724. The molecule has 3 rings (SSSR count). The van der Waals surface area contributed by atoms with Crippen molar-refractivity contribution >= 4 is 29.3 Å². The van der Waals surface area contributed by atoms with Crippen molar-refractivity contribution in [1.82, 2.24) is 9.47 Å². The maximum Gasteiger partial charge on any atom is 0.338 e. The molecule has 2 heterocycles. The predicted molar refractivity (Wildman–Crippen MR) is 100 cm³/mol. The molecule has 0 radical (unpaired) electrons. The number of carbonyl (C=O) groups is 1.